The first kappa shape index (κ1) is 20.2. The lowest BCUT2D eigenvalue weighted by Crippen LogP contribution is -2.39. The van der Waals surface area contributed by atoms with Gasteiger partial charge in [-0.15, -0.1) is 0 Å². The molecule has 0 saturated heterocycles. The van der Waals surface area contributed by atoms with E-state index in [1.807, 2.05) is 30.1 Å². The van der Waals surface area contributed by atoms with Crippen molar-refractivity contribution >= 4 is 5.91 Å². The van der Waals surface area contributed by atoms with Crippen molar-refractivity contribution in [3.05, 3.63) is 59.7 Å². The number of nitrogens with zero attached hydrogens (tertiary/aromatic N) is 1. The highest BCUT2D eigenvalue weighted by Gasteiger charge is 2.27. The van der Waals surface area contributed by atoms with Gasteiger partial charge in [0.1, 0.15) is 11.5 Å². The average Bonchev–Trinajstić information content (AvgIpc) is 2.77. The number of amides is 1. The number of aryl methyl sites for hydroxylation is 1. The summed E-state index contributed by atoms with van der Waals surface area (Å²) in [5, 5.41) is 0. The molecule has 0 N–H and O–H groups in total. The first-order chi connectivity index (χ1) is 13.6. The molecule has 1 aliphatic rings. The van der Waals surface area contributed by atoms with E-state index in [4.69, 9.17) is 9.47 Å². The lowest BCUT2D eigenvalue weighted by molar-refractivity contribution is -0.132. The summed E-state index contributed by atoms with van der Waals surface area (Å²) in [7, 11) is 5.26. The molecule has 3 rings (SSSR count). The molecule has 0 radical (unpaired) electrons. The minimum Gasteiger partial charge on any atom is -0.497 e. The molecule has 4 heteroatoms. The Morgan fingerprint density at radius 3 is 2.36 bits per heavy atom. The van der Waals surface area contributed by atoms with Gasteiger partial charge in [-0.2, -0.15) is 0 Å². The molecule has 4 nitrogen and oxygen atoms in total. The zero-order valence-electron chi connectivity index (χ0n) is 17.2. The molecule has 0 aromatic heterocycles. The summed E-state index contributed by atoms with van der Waals surface area (Å²) >= 11 is 0. The largest absolute Gasteiger partial charge is 0.497 e. The van der Waals surface area contributed by atoms with Crippen molar-refractivity contribution in [2.75, 3.05) is 21.3 Å². The second-order valence-electron chi connectivity index (χ2n) is 7.60. The summed E-state index contributed by atoms with van der Waals surface area (Å²) in [6, 6.07) is 16.8. The summed E-state index contributed by atoms with van der Waals surface area (Å²) in [5.74, 6) is 2.42. The van der Waals surface area contributed by atoms with Crippen molar-refractivity contribution in [1.82, 2.24) is 4.90 Å². The van der Waals surface area contributed by atoms with Crippen LogP contribution in [-0.2, 0) is 11.2 Å². The molecule has 2 aromatic rings. The molecule has 1 fully saturated rings. The Kier molecular flexibility index (Phi) is 6.96. The van der Waals surface area contributed by atoms with E-state index in [1.165, 1.54) is 5.56 Å². The fourth-order valence-electron chi connectivity index (χ4n) is 4.22. The fraction of sp³-hybridized carbons (Fsp3) is 0.458. The van der Waals surface area contributed by atoms with Gasteiger partial charge in [-0.1, -0.05) is 30.3 Å². The van der Waals surface area contributed by atoms with Crippen LogP contribution in [0.25, 0.3) is 0 Å². The van der Waals surface area contributed by atoms with Gasteiger partial charge in [0.25, 0.3) is 0 Å². The third-order valence-corrected chi connectivity index (χ3v) is 6.00. The quantitative estimate of drug-likeness (QED) is 0.690. The van der Waals surface area contributed by atoms with E-state index >= 15 is 0 Å². The van der Waals surface area contributed by atoms with E-state index in [-0.39, 0.29) is 5.91 Å². The lowest BCUT2D eigenvalue weighted by Gasteiger charge is -2.35. The first-order valence-corrected chi connectivity index (χ1v) is 10.1. The second kappa shape index (κ2) is 9.63. The molecule has 0 aliphatic heterocycles. The molecular weight excluding hydrogens is 350 g/mol. The molecule has 0 heterocycles. The van der Waals surface area contributed by atoms with Crippen molar-refractivity contribution in [1.29, 1.82) is 0 Å². The van der Waals surface area contributed by atoms with E-state index in [9.17, 15) is 4.79 Å². The van der Waals surface area contributed by atoms with Crippen LogP contribution in [0.15, 0.2) is 48.5 Å². The van der Waals surface area contributed by atoms with Crippen LogP contribution in [0, 0.1) is 0 Å². The number of methoxy groups -OCH3 is 2. The predicted molar refractivity (Wildman–Crippen MR) is 112 cm³/mol. The third-order valence-electron chi connectivity index (χ3n) is 6.00. The molecule has 1 amide bonds. The molecular formula is C24H31NO3. The molecule has 0 atom stereocenters. The Morgan fingerprint density at radius 2 is 1.71 bits per heavy atom. The van der Waals surface area contributed by atoms with Gasteiger partial charge in [-0.25, -0.2) is 0 Å². The number of carbonyl (C=O) groups is 1. The maximum atomic E-state index is 12.8. The van der Waals surface area contributed by atoms with Crippen LogP contribution < -0.4 is 9.47 Å². The second-order valence-corrected chi connectivity index (χ2v) is 7.60. The maximum Gasteiger partial charge on any atom is 0.222 e. The molecule has 0 bridgehead atoms. The molecule has 150 valence electrons. The van der Waals surface area contributed by atoms with Crippen molar-refractivity contribution in [2.24, 2.45) is 0 Å². The SMILES string of the molecule is COc1ccc(OC)c(CCC(=O)N(C)C2CCC(c3ccccc3)CC2)c1. The van der Waals surface area contributed by atoms with Crippen LogP contribution in [0.2, 0.25) is 0 Å². The van der Waals surface area contributed by atoms with E-state index in [1.54, 1.807) is 14.2 Å². The van der Waals surface area contributed by atoms with Crippen LogP contribution in [0.4, 0.5) is 0 Å². The molecule has 0 spiro atoms. The van der Waals surface area contributed by atoms with Gasteiger partial charge in [-0.3, -0.25) is 4.79 Å². The van der Waals surface area contributed by atoms with Crippen molar-refractivity contribution in [3.63, 3.8) is 0 Å². The Bertz CT molecular complexity index is 767. The third kappa shape index (κ3) is 4.86. The van der Waals surface area contributed by atoms with Gasteiger partial charge in [0.2, 0.25) is 5.91 Å². The van der Waals surface area contributed by atoms with Gasteiger partial charge < -0.3 is 14.4 Å². The molecule has 28 heavy (non-hydrogen) atoms. The monoisotopic (exact) mass is 381 g/mol. The predicted octanol–water partition coefficient (Wildman–Crippen LogP) is 4.82. The van der Waals surface area contributed by atoms with Crippen molar-refractivity contribution in [2.45, 2.75) is 50.5 Å². The Hall–Kier alpha value is -2.49. The average molecular weight is 382 g/mol. The Balaban J connectivity index is 1.53. The molecule has 0 unspecified atom stereocenters. The summed E-state index contributed by atoms with van der Waals surface area (Å²) in [6.07, 6.45) is 5.59. The van der Waals surface area contributed by atoms with Gasteiger partial charge in [0.15, 0.2) is 0 Å². The van der Waals surface area contributed by atoms with E-state index < -0.39 is 0 Å². The lowest BCUT2D eigenvalue weighted by atomic mass is 9.81. The summed E-state index contributed by atoms with van der Waals surface area (Å²) in [4.78, 5) is 14.7. The van der Waals surface area contributed by atoms with Crippen LogP contribution in [-0.4, -0.2) is 38.1 Å². The maximum absolute atomic E-state index is 12.8. The van der Waals surface area contributed by atoms with E-state index in [0.717, 1.165) is 42.7 Å². The number of carbonyl (C=O) groups excluding carboxylic acids is 1. The number of benzene rings is 2. The Labute approximate surface area is 168 Å². The zero-order chi connectivity index (χ0) is 19.9. The van der Waals surface area contributed by atoms with Crippen LogP contribution in [0.3, 0.4) is 0 Å². The molecule has 1 aliphatic carbocycles. The molecule has 2 aromatic carbocycles. The summed E-state index contributed by atoms with van der Waals surface area (Å²) < 4.78 is 10.7. The van der Waals surface area contributed by atoms with Gasteiger partial charge in [0.05, 0.1) is 14.2 Å². The van der Waals surface area contributed by atoms with Gasteiger partial charge in [-0.05, 0) is 67.3 Å². The zero-order valence-corrected chi connectivity index (χ0v) is 17.2. The number of ether oxygens (including phenoxy) is 2. The number of rotatable bonds is 7. The van der Waals surface area contributed by atoms with Gasteiger partial charge in [0, 0.05) is 19.5 Å². The number of hydrogen-bond donors (Lipinski definition) is 0. The topological polar surface area (TPSA) is 38.8 Å². The standard InChI is InChI=1S/C24H31NO3/c1-25(21-12-9-19(10-13-21)18-7-5-4-6-8-18)24(26)16-11-20-17-22(27-2)14-15-23(20)28-3/h4-8,14-15,17,19,21H,9-13,16H2,1-3H3. The highest BCUT2D eigenvalue weighted by molar-refractivity contribution is 5.76. The van der Waals surface area contributed by atoms with E-state index in [2.05, 4.69) is 30.3 Å². The normalized spacial score (nSPS) is 19.1. The summed E-state index contributed by atoms with van der Waals surface area (Å²) in [6.45, 7) is 0. The summed E-state index contributed by atoms with van der Waals surface area (Å²) in [5.41, 5.74) is 2.44. The fourth-order valence-corrected chi connectivity index (χ4v) is 4.22. The van der Waals surface area contributed by atoms with Crippen LogP contribution in [0.1, 0.15) is 49.1 Å². The minimum atomic E-state index is 0.202. The number of hydrogen-bond acceptors (Lipinski definition) is 3. The minimum absolute atomic E-state index is 0.202. The van der Waals surface area contributed by atoms with Crippen molar-refractivity contribution < 1.29 is 14.3 Å². The molecule has 1 saturated carbocycles. The first-order valence-electron chi connectivity index (χ1n) is 10.1. The van der Waals surface area contributed by atoms with Crippen LogP contribution >= 0.6 is 0 Å². The Morgan fingerprint density at radius 1 is 1.00 bits per heavy atom. The highest BCUT2D eigenvalue weighted by atomic mass is 16.5. The van der Waals surface area contributed by atoms with Crippen molar-refractivity contribution in [3.8, 4) is 11.5 Å². The van der Waals surface area contributed by atoms with E-state index in [0.29, 0.717) is 24.8 Å². The smallest absolute Gasteiger partial charge is 0.222 e. The highest BCUT2D eigenvalue weighted by Crippen LogP contribution is 2.34. The van der Waals surface area contributed by atoms with Crippen LogP contribution in [0.5, 0.6) is 11.5 Å². The van der Waals surface area contributed by atoms with Gasteiger partial charge >= 0.3 is 0 Å².